The van der Waals surface area contributed by atoms with E-state index in [0.29, 0.717) is 11.0 Å². The van der Waals surface area contributed by atoms with Crippen LogP contribution >= 0.6 is 11.6 Å². The summed E-state index contributed by atoms with van der Waals surface area (Å²) in [4.78, 5) is 9.21. The van der Waals surface area contributed by atoms with E-state index < -0.39 is 0 Å². The smallest absolute Gasteiger partial charge is 0.244 e. The summed E-state index contributed by atoms with van der Waals surface area (Å²) >= 11 is 6.19. The highest BCUT2D eigenvalue weighted by atomic mass is 35.5. The van der Waals surface area contributed by atoms with E-state index in [4.69, 9.17) is 16.3 Å². The van der Waals surface area contributed by atoms with E-state index in [2.05, 4.69) is 20.5 Å². The first-order chi connectivity index (χ1) is 13.7. The van der Waals surface area contributed by atoms with E-state index in [1.165, 1.54) is 0 Å². The van der Waals surface area contributed by atoms with Gasteiger partial charge in [-0.05, 0) is 35.9 Å². The SMILES string of the molecule is COc1cccc(/C=N\Nc2nc(-c3ccccc3)c3cc(Cl)ccc3n2)c1. The second kappa shape index (κ2) is 8.06. The van der Waals surface area contributed by atoms with Crippen LogP contribution in [0.15, 0.2) is 77.9 Å². The van der Waals surface area contributed by atoms with Crippen molar-refractivity contribution in [3.63, 3.8) is 0 Å². The molecule has 3 aromatic carbocycles. The number of hydrogen-bond acceptors (Lipinski definition) is 5. The number of fused-ring (bicyclic) bond motifs is 1. The molecule has 0 aliphatic carbocycles. The lowest BCUT2D eigenvalue weighted by Crippen LogP contribution is -2.00. The van der Waals surface area contributed by atoms with Crippen LogP contribution in [0.4, 0.5) is 5.95 Å². The first kappa shape index (κ1) is 17.9. The molecule has 0 aliphatic heterocycles. The number of nitrogens with one attached hydrogen (secondary N) is 1. The average Bonchev–Trinajstić information content (AvgIpc) is 2.74. The first-order valence-corrected chi connectivity index (χ1v) is 9.06. The summed E-state index contributed by atoms with van der Waals surface area (Å²) in [5.41, 5.74) is 6.40. The molecule has 0 spiro atoms. The Bertz CT molecular complexity index is 1150. The Hall–Kier alpha value is -3.44. The second-order valence-electron chi connectivity index (χ2n) is 6.07. The summed E-state index contributed by atoms with van der Waals surface area (Å²) in [5.74, 6) is 1.18. The van der Waals surface area contributed by atoms with E-state index in [1.807, 2.05) is 72.8 Å². The second-order valence-corrected chi connectivity index (χ2v) is 6.51. The molecular formula is C22H17ClN4O. The molecule has 1 aromatic heterocycles. The van der Waals surface area contributed by atoms with Gasteiger partial charge in [0.05, 0.1) is 24.5 Å². The number of benzene rings is 3. The van der Waals surface area contributed by atoms with Gasteiger partial charge in [-0.25, -0.2) is 15.4 Å². The Labute approximate surface area is 167 Å². The van der Waals surface area contributed by atoms with Crippen molar-refractivity contribution in [1.29, 1.82) is 0 Å². The lowest BCUT2D eigenvalue weighted by Gasteiger charge is -2.09. The molecule has 0 saturated heterocycles. The van der Waals surface area contributed by atoms with Crippen LogP contribution < -0.4 is 10.2 Å². The van der Waals surface area contributed by atoms with Gasteiger partial charge in [0.2, 0.25) is 5.95 Å². The molecule has 0 aliphatic rings. The molecule has 0 saturated carbocycles. The minimum absolute atomic E-state index is 0.410. The van der Waals surface area contributed by atoms with Gasteiger partial charge in [-0.1, -0.05) is 54.1 Å². The van der Waals surface area contributed by atoms with Gasteiger partial charge < -0.3 is 4.74 Å². The highest BCUT2D eigenvalue weighted by Crippen LogP contribution is 2.29. The number of ether oxygens (including phenoxy) is 1. The number of hydrazone groups is 1. The van der Waals surface area contributed by atoms with E-state index in [9.17, 15) is 0 Å². The monoisotopic (exact) mass is 388 g/mol. The molecular weight excluding hydrogens is 372 g/mol. The van der Waals surface area contributed by atoms with Crippen LogP contribution in [-0.2, 0) is 0 Å². The van der Waals surface area contributed by atoms with Crippen LogP contribution in [0.3, 0.4) is 0 Å². The molecule has 0 unspecified atom stereocenters. The number of methoxy groups -OCH3 is 1. The largest absolute Gasteiger partial charge is 0.497 e. The van der Waals surface area contributed by atoms with Crippen molar-refractivity contribution >= 4 is 34.7 Å². The van der Waals surface area contributed by atoms with Gasteiger partial charge in [-0.15, -0.1) is 0 Å². The maximum atomic E-state index is 6.19. The third-order valence-corrected chi connectivity index (χ3v) is 4.41. The van der Waals surface area contributed by atoms with E-state index in [0.717, 1.165) is 33.5 Å². The predicted molar refractivity (Wildman–Crippen MR) is 114 cm³/mol. The Morgan fingerprint density at radius 1 is 0.964 bits per heavy atom. The summed E-state index contributed by atoms with van der Waals surface area (Å²) in [6, 6.07) is 23.1. The maximum Gasteiger partial charge on any atom is 0.244 e. The standard InChI is InChI=1S/C22H17ClN4O/c1-28-18-9-5-6-15(12-18)14-24-27-22-25-20-11-10-17(23)13-19(20)21(26-22)16-7-3-2-4-8-16/h2-14H,1H3,(H,25,26,27)/b24-14-. The van der Waals surface area contributed by atoms with Crippen molar-refractivity contribution in [1.82, 2.24) is 9.97 Å². The van der Waals surface area contributed by atoms with Crippen molar-refractivity contribution in [3.05, 3.63) is 83.4 Å². The van der Waals surface area contributed by atoms with Crippen LogP contribution in [0, 0.1) is 0 Å². The third kappa shape index (κ3) is 3.94. The van der Waals surface area contributed by atoms with E-state index >= 15 is 0 Å². The highest BCUT2D eigenvalue weighted by Gasteiger charge is 2.10. The number of hydrogen-bond donors (Lipinski definition) is 1. The van der Waals surface area contributed by atoms with E-state index in [1.54, 1.807) is 13.3 Å². The number of nitrogens with zero attached hydrogens (tertiary/aromatic N) is 3. The fraction of sp³-hybridized carbons (Fsp3) is 0.0455. The van der Waals surface area contributed by atoms with Gasteiger partial charge in [0, 0.05) is 16.0 Å². The zero-order chi connectivity index (χ0) is 19.3. The summed E-state index contributed by atoms with van der Waals surface area (Å²) in [5, 5.41) is 5.80. The fourth-order valence-electron chi connectivity index (χ4n) is 2.85. The van der Waals surface area contributed by atoms with Crippen LogP contribution in [-0.4, -0.2) is 23.3 Å². The molecule has 0 fully saturated rings. The van der Waals surface area contributed by atoms with Gasteiger partial charge in [0.25, 0.3) is 0 Å². The number of anilines is 1. The number of halogens is 1. The van der Waals surface area contributed by atoms with Crippen molar-refractivity contribution in [3.8, 4) is 17.0 Å². The molecule has 0 radical (unpaired) electrons. The highest BCUT2D eigenvalue weighted by molar-refractivity contribution is 6.31. The molecule has 6 heteroatoms. The maximum absolute atomic E-state index is 6.19. The minimum Gasteiger partial charge on any atom is -0.497 e. The van der Waals surface area contributed by atoms with Crippen molar-refractivity contribution in [2.24, 2.45) is 5.10 Å². The Balaban J connectivity index is 1.69. The van der Waals surface area contributed by atoms with Crippen molar-refractivity contribution in [2.45, 2.75) is 0 Å². The van der Waals surface area contributed by atoms with Crippen molar-refractivity contribution < 1.29 is 4.74 Å². The first-order valence-electron chi connectivity index (χ1n) is 8.69. The van der Waals surface area contributed by atoms with Crippen LogP contribution in [0.2, 0.25) is 5.02 Å². The lowest BCUT2D eigenvalue weighted by molar-refractivity contribution is 0.415. The van der Waals surface area contributed by atoms with Gasteiger partial charge in [0.1, 0.15) is 5.75 Å². The number of rotatable bonds is 5. The molecule has 28 heavy (non-hydrogen) atoms. The van der Waals surface area contributed by atoms with Crippen LogP contribution in [0.1, 0.15) is 5.56 Å². The summed E-state index contributed by atoms with van der Waals surface area (Å²) in [6.45, 7) is 0. The molecule has 1 N–H and O–H groups in total. The zero-order valence-corrected chi connectivity index (χ0v) is 15.9. The molecule has 4 aromatic rings. The zero-order valence-electron chi connectivity index (χ0n) is 15.1. The lowest BCUT2D eigenvalue weighted by atomic mass is 10.1. The quantitative estimate of drug-likeness (QED) is 0.367. The molecule has 0 bridgehead atoms. The summed E-state index contributed by atoms with van der Waals surface area (Å²) < 4.78 is 5.22. The number of aromatic nitrogens is 2. The van der Waals surface area contributed by atoms with Gasteiger partial charge in [-0.2, -0.15) is 5.10 Å². The summed E-state index contributed by atoms with van der Waals surface area (Å²) in [6.07, 6.45) is 1.69. The molecule has 1 heterocycles. The minimum atomic E-state index is 0.410. The van der Waals surface area contributed by atoms with E-state index in [-0.39, 0.29) is 0 Å². The Kier molecular flexibility index (Phi) is 5.17. The molecule has 5 nitrogen and oxygen atoms in total. The Morgan fingerprint density at radius 3 is 2.64 bits per heavy atom. The molecule has 138 valence electrons. The van der Waals surface area contributed by atoms with Crippen molar-refractivity contribution in [2.75, 3.05) is 12.5 Å². The normalized spacial score (nSPS) is 11.1. The Morgan fingerprint density at radius 2 is 1.82 bits per heavy atom. The topological polar surface area (TPSA) is 59.4 Å². The fourth-order valence-corrected chi connectivity index (χ4v) is 3.03. The molecule has 0 atom stereocenters. The predicted octanol–water partition coefficient (Wildman–Crippen LogP) is 5.40. The third-order valence-electron chi connectivity index (χ3n) is 4.18. The molecule has 0 amide bonds. The summed E-state index contributed by atoms with van der Waals surface area (Å²) in [7, 11) is 1.63. The van der Waals surface area contributed by atoms with Gasteiger partial charge in [-0.3, -0.25) is 0 Å². The van der Waals surface area contributed by atoms with Crippen LogP contribution in [0.25, 0.3) is 22.2 Å². The molecule has 4 rings (SSSR count). The van der Waals surface area contributed by atoms with Gasteiger partial charge in [0.15, 0.2) is 0 Å². The van der Waals surface area contributed by atoms with Gasteiger partial charge >= 0.3 is 0 Å². The average molecular weight is 389 g/mol. The van der Waals surface area contributed by atoms with Crippen LogP contribution in [0.5, 0.6) is 5.75 Å².